The monoisotopic (exact) mass is 318 g/mol. The molecule has 2 aromatic rings. The van der Waals surface area contributed by atoms with Crippen LogP contribution in [-0.4, -0.2) is 13.1 Å². The van der Waals surface area contributed by atoms with Crippen molar-refractivity contribution in [3.05, 3.63) is 58.6 Å². The number of carbonyl (C=O) groups is 1. The van der Waals surface area contributed by atoms with Crippen LogP contribution in [0.25, 0.3) is 0 Å². The SMILES string of the molecule is COC(=O)c1cccc(Oc2cc(Cl)cc(CC(C)C)c2)c1. The lowest BCUT2D eigenvalue weighted by molar-refractivity contribution is 0.0600. The van der Waals surface area contributed by atoms with Crippen LogP contribution in [0.2, 0.25) is 5.02 Å². The number of hydrogen-bond acceptors (Lipinski definition) is 3. The van der Waals surface area contributed by atoms with Crippen LogP contribution in [-0.2, 0) is 11.2 Å². The van der Waals surface area contributed by atoms with E-state index in [4.69, 9.17) is 21.1 Å². The van der Waals surface area contributed by atoms with E-state index < -0.39 is 5.97 Å². The molecule has 0 unspecified atom stereocenters. The number of rotatable bonds is 5. The van der Waals surface area contributed by atoms with Gasteiger partial charge in [0, 0.05) is 5.02 Å². The molecule has 2 aromatic carbocycles. The molecular formula is C18H19ClO3. The van der Waals surface area contributed by atoms with Crippen LogP contribution in [0.5, 0.6) is 11.5 Å². The van der Waals surface area contributed by atoms with E-state index in [1.54, 1.807) is 30.3 Å². The first kappa shape index (κ1) is 16.4. The van der Waals surface area contributed by atoms with Gasteiger partial charge in [-0.05, 0) is 54.3 Å². The summed E-state index contributed by atoms with van der Waals surface area (Å²) in [7, 11) is 1.35. The molecule has 2 rings (SSSR count). The maximum Gasteiger partial charge on any atom is 0.337 e. The Morgan fingerprint density at radius 2 is 1.91 bits per heavy atom. The zero-order valence-electron chi connectivity index (χ0n) is 12.9. The summed E-state index contributed by atoms with van der Waals surface area (Å²) >= 11 is 6.15. The second kappa shape index (κ2) is 7.32. The molecule has 0 aliphatic heterocycles. The van der Waals surface area contributed by atoms with Crippen molar-refractivity contribution in [1.82, 2.24) is 0 Å². The van der Waals surface area contributed by atoms with Crippen LogP contribution in [0.1, 0.15) is 29.8 Å². The Morgan fingerprint density at radius 1 is 1.14 bits per heavy atom. The summed E-state index contributed by atoms with van der Waals surface area (Å²) in [6.07, 6.45) is 0.930. The van der Waals surface area contributed by atoms with E-state index in [1.165, 1.54) is 7.11 Å². The van der Waals surface area contributed by atoms with Crippen molar-refractivity contribution < 1.29 is 14.3 Å². The van der Waals surface area contributed by atoms with Crippen molar-refractivity contribution in [2.45, 2.75) is 20.3 Å². The lowest BCUT2D eigenvalue weighted by Gasteiger charge is -2.11. The molecule has 0 aliphatic rings. The molecule has 0 aliphatic carbocycles. The Balaban J connectivity index is 2.23. The van der Waals surface area contributed by atoms with Crippen molar-refractivity contribution in [2.24, 2.45) is 5.92 Å². The maximum atomic E-state index is 11.5. The largest absolute Gasteiger partial charge is 0.465 e. The Labute approximate surface area is 135 Å². The number of methoxy groups -OCH3 is 1. The third kappa shape index (κ3) is 4.50. The molecule has 0 radical (unpaired) electrons. The quantitative estimate of drug-likeness (QED) is 0.718. The van der Waals surface area contributed by atoms with Crippen molar-refractivity contribution in [1.29, 1.82) is 0 Å². The summed E-state index contributed by atoms with van der Waals surface area (Å²) in [6.45, 7) is 4.31. The van der Waals surface area contributed by atoms with Gasteiger partial charge in [0.15, 0.2) is 0 Å². The average Bonchev–Trinajstić information content (AvgIpc) is 2.45. The summed E-state index contributed by atoms with van der Waals surface area (Å²) < 4.78 is 10.5. The van der Waals surface area contributed by atoms with Crippen LogP contribution in [0.4, 0.5) is 0 Å². The Morgan fingerprint density at radius 3 is 2.59 bits per heavy atom. The van der Waals surface area contributed by atoms with E-state index in [0.717, 1.165) is 12.0 Å². The summed E-state index contributed by atoms with van der Waals surface area (Å²) in [6, 6.07) is 12.5. The molecule has 0 heterocycles. The number of hydrogen-bond donors (Lipinski definition) is 0. The highest BCUT2D eigenvalue weighted by molar-refractivity contribution is 6.30. The molecule has 0 saturated heterocycles. The van der Waals surface area contributed by atoms with Gasteiger partial charge < -0.3 is 9.47 Å². The van der Waals surface area contributed by atoms with Gasteiger partial charge in [0.2, 0.25) is 0 Å². The Hall–Kier alpha value is -2.00. The van der Waals surface area contributed by atoms with Crippen molar-refractivity contribution in [2.75, 3.05) is 7.11 Å². The molecule has 3 nitrogen and oxygen atoms in total. The third-order valence-electron chi connectivity index (χ3n) is 3.07. The molecule has 0 fully saturated rings. The lowest BCUT2D eigenvalue weighted by atomic mass is 10.0. The number of esters is 1. The van der Waals surface area contributed by atoms with Gasteiger partial charge >= 0.3 is 5.97 Å². The molecule has 0 aromatic heterocycles. The van der Waals surface area contributed by atoms with Gasteiger partial charge in [-0.1, -0.05) is 31.5 Å². The van der Waals surface area contributed by atoms with Gasteiger partial charge in [0.1, 0.15) is 11.5 Å². The van der Waals surface area contributed by atoms with E-state index in [2.05, 4.69) is 13.8 Å². The van der Waals surface area contributed by atoms with E-state index in [0.29, 0.717) is 28.0 Å². The molecule has 0 N–H and O–H groups in total. The first-order valence-corrected chi connectivity index (χ1v) is 7.51. The van der Waals surface area contributed by atoms with Crippen LogP contribution >= 0.6 is 11.6 Å². The number of carbonyl (C=O) groups excluding carboxylic acids is 1. The second-order valence-electron chi connectivity index (χ2n) is 5.51. The zero-order chi connectivity index (χ0) is 16.1. The van der Waals surface area contributed by atoms with E-state index in [1.807, 2.05) is 12.1 Å². The van der Waals surface area contributed by atoms with Crippen molar-refractivity contribution in [3.63, 3.8) is 0 Å². The summed E-state index contributed by atoms with van der Waals surface area (Å²) in [4.78, 5) is 11.5. The zero-order valence-corrected chi connectivity index (χ0v) is 13.7. The predicted octanol–water partition coefficient (Wildman–Crippen LogP) is 5.12. The predicted molar refractivity (Wildman–Crippen MR) is 87.8 cm³/mol. The van der Waals surface area contributed by atoms with Gasteiger partial charge in [-0.2, -0.15) is 0 Å². The average molecular weight is 319 g/mol. The van der Waals surface area contributed by atoms with E-state index in [9.17, 15) is 4.79 Å². The molecule has 0 atom stereocenters. The van der Waals surface area contributed by atoms with Gasteiger partial charge in [0.25, 0.3) is 0 Å². The molecule has 22 heavy (non-hydrogen) atoms. The Bertz CT molecular complexity index is 665. The van der Waals surface area contributed by atoms with Crippen molar-refractivity contribution >= 4 is 17.6 Å². The smallest absolute Gasteiger partial charge is 0.337 e. The minimum Gasteiger partial charge on any atom is -0.465 e. The fourth-order valence-electron chi connectivity index (χ4n) is 2.21. The van der Waals surface area contributed by atoms with E-state index >= 15 is 0 Å². The van der Waals surface area contributed by atoms with Gasteiger partial charge in [-0.25, -0.2) is 4.79 Å². The highest BCUT2D eigenvalue weighted by Crippen LogP contribution is 2.28. The fraction of sp³-hybridized carbons (Fsp3) is 0.278. The lowest BCUT2D eigenvalue weighted by Crippen LogP contribution is -2.01. The summed E-state index contributed by atoms with van der Waals surface area (Å²) in [5.41, 5.74) is 1.58. The first-order valence-electron chi connectivity index (χ1n) is 7.13. The molecule has 116 valence electrons. The molecule has 0 bridgehead atoms. The van der Waals surface area contributed by atoms with Gasteiger partial charge in [-0.3, -0.25) is 0 Å². The van der Waals surface area contributed by atoms with Gasteiger partial charge in [-0.15, -0.1) is 0 Å². The number of benzene rings is 2. The number of ether oxygens (including phenoxy) is 2. The summed E-state index contributed by atoms with van der Waals surface area (Å²) in [5.74, 6) is 1.37. The standard InChI is InChI=1S/C18H19ClO3/c1-12(2)7-13-8-15(19)11-17(9-13)22-16-6-4-5-14(10-16)18(20)21-3/h4-6,8-12H,7H2,1-3H3. The highest BCUT2D eigenvalue weighted by Gasteiger charge is 2.08. The van der Waals surface area contributed by atoms with Crippen molar-refractivity contribution in [3.8, 4) is 11.5 Å². The minimum atomic E-state index is -0.392. The maximum absolute atomic E-state index is 11.5. The Kier molecular flexibility index (Phi) is 5.45. The molecule has 0 amide bonds. The molecular weight excluding hydrogens is 300 g/mol. The molecule has 0 spiro atoms. The second-order valence-corrected chi connectivity index (χ2v) is 5.95. The minimum absolute atomic E-state index is 0.392. The van der Waals surface area contributed by atoms with Gasteiger partial charge in [0.05, 0.1) is 12.7 Å². The highest BCUT2D eigenvalue weighted by atomic mass is 35.5. The summed E-state index contributed by atoms with van der Waals surface area (Å²) in [5, 5.41) is 0.636. The number of halogens is 1. The normalized spacial score (nSPS) is 10.6. The van der Waals surface area contributed by atoms with Crippen LogP contribution in [0.3, 0.4) is 0 Å². The third-order valence-corrected chi connectivity index (χ3v) is 3.28. The van der Waals surface area contributed by atoms with Crippen LogP contribution in [0.15, 0.2) is 42.5 Å². The van der Waals surface area contributed by atoms with Crippen LogP contribution < -0.4 is 4.74 Å². The van der Waals surface area contributed by atoms with Crippen LogP contribution in [0, 0.1) is 5.92 Å². The molecule has 0 saturated carbocycles. The first-order chi connectivity index (χ1) is 10.5. The topological polar surface area (TPSA) is 35.5 Å². The fourth-order valence-corrected chi connectivity index (χ4v) is 2.46. The van der Waals surface area contributed by atoms with E-state index in [-0.39, 0.29) is 0 Å². The molecule has 4 heteroatoms.